The Bertz CT molecular complexity index is 262. The second-order valence-electron chi connectivity index (χ2n) is 4.35. The van der Waals surface area contributed by atoms with Crippen LogP contribution in [0, 0.1) is 0 Å². The molecule has 0 aliphatic carbocycles. The highest BCUT2D eigenvalue weighted by atomic mass is 32.2. The number of thioether (sulfide) groups is 2. The predicted octanol–water partition coefficient (Wildman–Crippen LogP) is 3.70. The molecule has 0 aromatic rings. The molecule has 0 saturated carbocycles. The van der Waals surface area contributed by atoms with Crippen molar-refractivity contribution in [3.63, 3.8) is 0 Å². The van der Waals surface area contributed by atoms with Crippen molar-refractivity contribution in [1.29, 1.82) is 0 Å². The van der Waals surface area contributed by atoms with Gasteiger partial charge in [0.2, 0.25) is 0 Å². The van der Waals surface area contributed by atoms with E-state index in [9.17, 15) is 9.59 Å². The van der Waals surface area contributed by atoms with E-state index in [0.29, 0.717) is 11.5 Å². The van der Waals surface area contributed by atoms with Crippen LogP contribution in [0.3, 0.4) is 0 Å². The second kappa shape index (κ2) is 10.4. The lowest BCUT2D eigenvalue weighted by molar-refractivity contribution is -0.137. The first-order chi connectivity index (χ1) is 8.95. The third-order valence-corrected chi connectivity index (χ3v) is 6.37. The van der Waals surface area contributed by atoms with Crippen LogP contribution in [0.25, 0.3) is 0 Å². The van der Waals surface area contributed by atoms with E-state index in [1.807, 2.05) is 0 Å². The molecule has 6 heteroatoms. The fourth-order valence-electron chi connectivity index (χ4n) is 1.66. The Morgan fingerprint density at radius 3 is 1.79 bits per heavy atom. The Morgan fingerprint density at radius 1 is 1.00 bits per heavy atom. The zero-order chi connectivity index (χ0) is 14.7. The van der Waals surface area contributed by atoms with Crippen molar-refractivity contribution >= 4 is 35.5 Å². The van der Waals surface area contributed by atoms with Crippen LogP contribution in [-0.2, 0) is 9.59 Å². The average molecular weight is 308 g/mol. The van der Waals surface area contributed by atoms with Crippen LogP contribution in [0.1, 0.15) is 52.4 Å². The summed E-state index contributed by atoms with van der Waals surface area (Å²) in [7, 11) is 0. The van der Waals surface area contributed by atoms with Crippen molar-refractivity contribution in [1.82, 2.24) is 0 Å². The van der Waals surface area contributed by atoms with Crippen LogP contribution < -0.4 is 0 Å². The normalized spacial score (nSPS) is 11.5. The number of hydrogen-bond donors (Lipinski definition) is 2. The molecule has 4 nitrogen and oxygen atoms in total. The maximum Gasteiger partial charge on any atom is 0.304 e. The molecule has 0 atom stereocenters. The molecule has 112 valence electrons. The minimum atomic E-state index is -0.775. The van der Waals surface area contributed by atoms with Gasteiger partial charge < -0.3 is 10.2 Å². The van der Waals surface area contributed by atoms with Gasteiger partial charge in [-0.25, -0.2) is 0 Å². The van der Waals surface area contributed by atoms with Crippen LogP contribution in [0.2, 0.25) is 0 Å². The van der Waals surface area contributed by atoms with Crippen LogP contribution in [0.5, 0.6) is 0 Å². The van der Waals surface area contributed by atoms with E-state index in [2.05, 4.69) is 13.8 Å². The van der Waals surface area contributed by atoms with Gasteiger partial charge in [0.25, 0.3) is 0 Å². The first kappa shape index (κ1) is 18.6. The van der Waals surface area contributed by atoms with E-state index in [1.54, 1.807) is 23.5 Å². The van der Waals surface area contributed by atoms with Crippen LogP contribution in [-0.4, -0.2) is 37.7 Å². The average Bonchev–Trinajstić information content (AvgIpc) is 2.34. The standard InChI is InChI=1S/C13H24O4S2/c1-3-5-8-13(4-2,18-9-6-11(14)15)19-10-7-12(16)17/h3-10H2,1-2H3,(H,14,15)(H,16,17). The van der Waals surface area contributed by atoms with Gasteiger partial charge in [-0.15, -0.1) is 23.5 Å². The van der Waals surface area contributed by atoms with Gasteiger partial charge in [0, 0.05) is 11.5 Å². The molecule has 2 N–H and O–H groups in total. The molecule has 0 saturated heterocycles. The topological polar surface area (TPSA) is 74.6 Å². The lowest BCUT2D eigenvalue weighted by Gasteiger charge is -2.31. The lowest BCUT2D eigenvalue weighted by Crippen LogP contribution is -2.21. The van der Waals surface area contributed by atoms with E-state index in [-0.39, 0.29) is 16.9 Å². The van der Waals surface area contributed by atoms with Crippen molar-refractivity contribution < 1.29 is 19.8 Å². The van der Waals surface area contributed by atoms with Gasteiger partial charge in [-0.2, -0.15) is 0 Å². The molecule has 0 amide bonds. The summed E-state index contributed by atoms with van der Waals surface area (Å²) in [4.78, 5) is 21.2. The number of carboxylic acid groups (broad SMARTS) is 2. The Kier molecular flexibility index (Phi) is 10.2. The van der Waals surface area contributed by atoms with E-state index < -0.39 is 11.9 Å². The quantitative estimate of drug-likeness (QED) is 0.535. The molecule has 0 aromatic heterocycles. The van der Waals surface area contributed by atoms with Crippen LogP contribution >= 0.6 is 23.5 Å². The summed E-state index contributed by atoms with van der Waals surface area (Å²) in [5.74, 6) is -0.369. The van der Waals surface area contributed by atoms with Gasteiger partial charge in [-0.05, 0) is 12.8 Å². The molecule has 19 heavy (non-hydrogen) atoms. The SMILES string of the molecule is CCCCC(CC)(SCCC(=O)O)SCCC(=O)O. The first-order valence-electron chi connectivity index (χ1n) is 6.67. The zero-order valence-electron chi connectivity index (χ0n) is 11.7. The molecule has 0 fully saturated rings. The molecule has 0 aliphatic heterocycles. The number of aliphatic carboxylic acids is 2. The summed E-state index contributed by atoms with van der Waals surface area (Å²) in [5, 5.41) is 17.4. The molecular weight excluding hydrogens is 284 g/mol. The van der Waals surface area contributed by atoms with E-state index >= 15 is 0 Å². The maximum atomic E-state index is 10.6. The molecule has 0 radical (unpaired) electrons. The molecular formula is C13H24O4S2. The van der Waals surface area contributed by atoms with Crippen LogP contribution in [0.4, 0.5) is 0 Å². The summed E-state index contributed by atoms with van der Waals surface area (Å²) in [6.45, 7) is 4.22. The van der Waals surface area contributed by atoms with Gasteiger partial charge in [-0.1, -0.05) is 26.7 Å². The van der Waals surface area contributed by atoms with Gasteiger partial charge in [0.15, 0.2) is 0 Å². The second-order valence-corrected chi connectivity index (χ2v) is 7.57. The number of rotatable bonds is 12. The minimum absolute atomic E-state index is 0.0269. The van der Waals surface area contributed by atoms with Gasteiger partial charge in [0.05, 0.1) is 16.9 Å². The van der Waals surface area contributed by atoms with E-state index in [1.165, 1.54) is 0 Å². The zero-order valence-corrected chi connectivity index (χ0v) is 13.3. The molecule has 0 unspecified atom stereocenters. The summed E-state index contributed by atoms with van der Waals surface area (Å²) in [6.07, 6.45) is 4.46. The Balaban J connectivity index is 4.38. The smallest absolute Gasteiger partial charge is 0.304 e. The number of hydrogen-bond acceptors (Lipinski definition) is 4. The van der Waals surface area contributed by atoms with E-state index in [0.717, 1.165) is 25.7 Å². The monoisotopic (exact) mass is 308 g/mol. The predicted molar refractivity (Wildman–Crippen MR) is 82.0 cm³/mol. The van der Waals surface area contributed by atoms with Gasteiger partial charge in [0.1, 0.15) is 0 Å². The van der Waals surface area contributed by atoms with E-state index in [4.69, 9.17) is 10.2 Å². The number of carbonyl (C=O) groups is 2. The number of unbranched alkanes of at least 4 members (excludes halogenated alkanes) is 1. The maximum absolute atomic E-state index is 10.6. The summed E-state index contributed by atoms with van der Waals surface area (Å²) >= 11 is 3.36. The van der Waals surface area contributed by atoms with Crippen LogP contribution in [0.15, 0.2) is 0 Å². The molecule has 0 aliphatic rings. The third kappa shape index (κ3) is 9.21. The third-order valence-electron chi connectivity index (χ3n) is 2.81. The summed E-state index contributed by atoms with van der Waals surface area (Å²) < 4.78 is -0.0269. The largest absolute Gasteiger partial charge is 0.481 e. The molecule has 0 bridgehead atoms. The van der Waals surface area contributed by atoms with Gasteiger partial charge >= 0.3 is 11.9 Å². The Labute approximate surface area is 123 Å². The Morgan fingerprint density at radius 2 is 1.47 bits per heavy atom. The lowest BCUT2D eigenvalue weighted by atomic mass is 10.1. The van der Waals surface area contributed by atoms with Crippen molar-refractivity contribution in [2.24, 2.45) is 0 Å². The van der Waals surface area contributed by atoms with Crippen molar-refractivity contribution in [3.8, 4) is 0 Å². The highest BCUT2D eigenvalue weighted by Gasteiger charge is 2.28. The fourth-order valence-corrected chi connectivity index (χ4v) is 4.78. The molecule has 0 aromatic carbocycles. The van der Waals surface area contributed by atoms with Crippen molar-refractivity contribution in [2.45, 2.75) is 56.5 Å². The minimum Gasteiger partial charge on any atom is -0.481 e. The summed E-state index contributed by atoms with van der Waals surface area (Å²) in [5.41, 5.74) is 0. The number of carboxylic acids is 2. The fraction of sp³-hybridized carbons (Fsp3) is 0.846. The molecule has 0 heterocycles. The van der Waals surface area contributed by atoms with Crippen molar-refractivity contribution in [2.75, 3.05) is 11.5 Å². The molecule has 0 rings (SSSR count). The van der Waals surface area contributed by atoms with Crippen molar-refractivity contribution in [3.05, 3.63) is 0 Å². The first-order valence-corrected chi connectivity index (χ1v) is 8.64. The Hall–Kier alpha value is -0.360. The van der Waals surface area contributed by atoms with Gasteiger partial charge in [-0.3, -0.25) is 9.59 Å². The highest BCUT2D eigenvalue weighted by Crippen LogP contribution is 2.44. The molecule has 0 spiro atoms. The highest BCUT2D eigenvalue weighted by molar-refractivity contribution is 8.18. The summed E-state index contributed by atoms with van der Waals surface area (Å²) in [6, 6.07) is 0.